The fourth-order valence-corrected chi connectivity index (χ4v) is 4.77. The Morgan fingerprint density at radius 3 is 2.43 bits per heavy atom. The Bertz CT molecular complexity index is 975. The highest BCUT2D eigenvalue weighted by Crippen LogP contribution is 2.28. The van der Waals surface area contributed by atoms with E-state index < -0.39 is 20.6 Å². The van der Waals surface area contributed by atoms with Gasteiger partial charge in [-0.2, -0.15) is 0 Å². The first-order chi connectivity index (χ1) is 14.4. The molecule has 0 atom stereocenters. The van der Waals surface area contributed by atoms with Crippen molar-refractivity contribution in [2.75, 3.05) is 51.3 Å². The molecule has 1 aliphatic heterocycles. The summed E-state index contributed by atoms with van der Waals surface area (Å²) in [7, 11) is -2.26. The summed E-state index contributed by atoms with van der Waals surface area (Å²) < 4.78 is 32.8. The van der Waals surface area contributed by atoms with E-state index in [-0.39, 0.29) is 11.4 Å². The normalized spacial score (nSPS) is 15.2. The number of piperazine rings is 1. The van der Waals surface area contributed by atoms with Gasteiger partial charge in [0.25, 0.3) is 5.69 Å². The van der Waals surface area contributed by atoms with Crippen LogP contribution in [0.15, 0.2) is 53.4 Å². The second-order valence-corrected chi connectivity index (χ2v) is 8.71. The van der Waals surface area contributed by atoms with Crippen molar-refractivity contribution < 1.29 is 18.1 Å². The highest BCUT2D eigenvalue weighted by atomic mass is 32.2. The zero-order valence-corrected chi connectivity index (χ0v) is 17.7. The van der Waals surface area contributed by atoms with E-state index in [0.29, 0.717) is 6.42 Å². The number of nitrogens with one attached hydrogen (secondary N) is 1. The van der Waals surface area contributed by atoms with Crippen LogP contribution in [0.2, 0.25) is 0 Å². The lowest BCUT2D eigenvalue weighted by molar-refractivity contribution is -0.387. The third-order valence-corrected chi connectivity index (χ3v) is 6.60. The summed E-state index contributed by atoms with van der Waals surface area (Å²) in [5, 5.41) is 11.1. The Morgan fingerprint density at radius 1 is 1.07 bits per heavy atom. The Labute approximate surface area is 176 Å². The third-order valence-electron chi connectivity index (χ3n) is 5.09. The summed E-state index contributed by atoms with van der Waals surface area (Å²) in [5.74, 6) is 0.857. The molecule has 30 heavy (non-hydrogen) atoms. The molecule has 9 nitrogen and oxygen atoms in total. The van der Waals surface area contributed by atoms with Crippen LogP contribution < -0.4 is 14.4 Å². The molecule has 1 N–H and O–H groups in total. The molecular formula is C20H26N4O5S. The minimum atomic E-state index is -3.92. The molecule has 1 heterocycles. The van der Waals surface area contributed by atoms with Gasteiger partial charge in [-0.1, -0.05) is 24.3 Å². The Morgan fingerprint density at radius 2 is 1.73 bits per heavy atom. The first-order valence-electron chi connectivity index (χ1n) is 9.76. The number of nitro groups is 1. The van der Waals surface area contributed by atoms with Crippen LogP contribution in [0.5, 0.6) is 5.75 Å². The number of rotatable bonds is 9. The zero-order chi connectivity index (χ0) is 21.6. The number of hydrogen-bond acceptors (Lipinski definition) is 7. The lowest BCUT2D eigenvalue weighted by Gasteiger charge is -2.36. The average Bonchev–Trinajstić information content (AvgIpc) is 2.77. The van der Waals surface area contributed by atoms with Gasteiger partial charge in [-0.15, -0.1) is 0 Å². The van der Waals surface area contributed by atoms with E-state index in [1.54, 1.807) is 7.11 Å². The van der Waals surface area contributed by atoms with Crippen LogP contribution >= 0.6 is 0 Å². The van der Waals surface area contributed by atoms with Gasteiger partial charge in [0.1, 0.15) is 5.75 Å². The number of nitro benzene ring substituents is 1. The molecule has 10 heteroatoms. The maximum Gasteiger partial charge on any atom is 0.289 e. The molecule has 0 aliphatic carbocycles. The summed E-state index contributed by atoms with van der Waals surface area (Å²) in [6.45, 7) is 4.44. The summed E-state index contributed by atoms with van der Waals surface area (Å²) in [4.78, 5) is 14.6. The predicted molar refractivity (Wildman–Crippen MR) is 115 cm³/mol. The molecule has 0 bridgehead atoms. The van der Waals surface area contributed by atoms with E-state index >= 15 is 0 Å². The van der Waals surface area contributed by atoms with Crippen molar-refractivity contribution in [1.29, 1.82) is 0 Å². The molecule has 1 aliphatic rings. The second-order valence-electron chi connectivity index (χ2n) is 6.98. The van der Waals surface area contributed by atoms with E-state index in [1.807, 2.05) is 24.3 Å². The van der Waals surface area contributed by atoms with Gasteiger partial charge < -0.3 is 9.64 Å². The number of nitrogens with zero attached hydrogens (tertiary/aromatic N) is 3. The van der Waals surface area contributed by atoms with E-state index in [4.69, 9.17) is 4.74 Å². The van der Waals surface area contributed by atoms with Crippen molar-refractivity contribution in [2.45, 2.75) is 11.3 Å². The fraction of sp³-hybridized carbons (Fsp3) is 0.400. The fourth-order valence-electron chi connectivity index (χ4n) is 3.53. The number of para-hydroxylation sites is 3. The molecule has 0 amide bonds. The number of ether oxygens (including phenoxy) is 1. The van der Waals surface area contributed by atoms with Crippen molar-refractivity contribution >= 4 is 21.4 Å². The summed E-state index contributed by atoms with van der Waals surface area (Å²) >= 11 is 0. The lowest BCUT2D eigenvalue weighted by Crippen LogP contribution is -2.47. The number of sulfonamides is 1. The highest BCUT2D eigenvalue weighted by Gasteiger charge is 2.25. The minimum Gasteiger partial charge on any atom is -0.495 e. The SMILES string of the molecule is COc1ccccc1N1CCN(CCCNS(=O)(=O)c2ccccc2[N+](=O)[O-])CC1. The Kier molecular flexibility index (Phi) is 7.24. The van der Waals surface area contributed by atoms with Crippen molar-refractivity contribution in [2.24, 2.45) is 0 Å². The molecule has 1 fully saturated rings. The average molecular weight is 435 g/mol. The van der Waals surface area contributed by atoms with Gasteiger partial charge in [0.05, 0.1) is 17.7 Å². The standard InChI is InChI=1S/C20H26N4O5S/c1-29-19-9-4-2-7-17(19)23-15-13-22(14-16-23)12-6-11-21-30(27,28)20-10-5-3-8-18(20)24(25)26/h2-5,7-10,21H,6,11-16H2,1H3. The number of anilines is 1. The molecule has 0 unspecified atom stereocenters. The summed E-state index contributed by atoms with van der Waals surface area (Å²) in [6.07, 6.45) is 0.620. The predicted octanol–water partition coefficient (Wildman–Crippen LogP) is 2.09. The molecule has 0 radical (unpaired) electrons. The van der Waals surface area contributed by atoms with E-state index in [9.17, 15) is 18.5 Å². The molecule has 2 aromatic rings. The molecule has 1 saturated heterocycles. The van der Waals surface area contributed by atoms with E-state index in [1.165, 1.54) is 24.3 Å². The van der Waals surface area contributed by atoms with Crippen LogP contribution in [0.1, 0.15) is 6.42 Å². The van der Waals surface area contributed by atoms with Crippen LogP contribution in [0.25, 0.3) is 0 Å². The zero-order valence-electron chi connectivity index (χ0n) is 16.9. The van der Waals surface area contributed by atoms with Crippen LogP contribution in [0.4, 0.5) is 11.4 Å². The topological polar surface area (TPSA) is 105 Å². The van der Waals surface area contributed by atoms with Crippen LogP contribution in [0, 0.1) is 10.1 Å². The quantitative estimate of drug-likeness (QED) is 0.366. The Balaban J connectivity index is 1.46. The van der Waals surface area contributed by atoms with Gasteiger partial charge >= 0.3 is 0 Å². The largest absolute Gasteiger partial charge is 0.495 e. The van der Waals surface area contributed by atoms with Gasteiger partial charge in [0.2, 0.25) is 10.0 Å². The summed E-state index contributed by atoms with van der Waals surface area (Å²) in [6, 6.07) is 13.3. The van der Waals surface area contributed by atoms with Gasteiger partial charge in [-0.25, -0.2) is 13.1 Å². The Hall–Kier alpha value is -2.69. The molecule has 162 valence electrons. The van der Waals surface area contributed by atoms with Crippen molar-refractivity contribution in [3.05, 3.63) is 58.6 Å². The van der Waals surface area contributed by atoms with Crippen LogP contribution in [0.3, 0.4) is 0 Å². The van der Waals surface area contributed by atoms with Crippen molar-refractivity contribution in [3.8, 4) is 5.75 Å². The van der Waals surface area contributed by atoms with Gasteiger partial charge in [0, 0.05) is 38.8 Å². The minimum absolute atomic E-state index is 0.223. The van der Waals surface area contributed by atoms with Gasteiger partial charge in [0.15, 0.2) is 4.90 Å². The van der Waals surface area contributed by atoms with Gasteiger partial charge in [-0.05, 0) is 31.2 Å². The van der Waals surface area contributed by atoms with Crippen LogP contribution in [-0.2, 0) is 10.0 Å². The molecule has 3 rings (SSSR count). The van der Waals surface area contributed by atoms with Crippen LogP contribution in [-0.4, -0.2) is 64.6 Å². The maximum absolute atomic E-state index is 12.4. The lowest BCUT2D eigenvalue weighted by atomic mass is 10.2. The second kappa shape index (κ2) is 9.88. The van der Waals surface area contributed by atoms with Crippen molar-refractivity contribution in [3.63, 3.8) is 0 Å². The monoisotopic (exact) mass is 434 g/mol. The number of benzene rings is 2. The van der Waals surface area contributed by atoms with Crippen molar-refractivity contribution in [1.82, 2.24) is 9.62 Å². The maximum atomic E-state index is 12.4. The molecular weight excluding hydrogens is 408 g/mol. The number of methoxy groups -OCH3 is 1. The first kappa shape index (κ1) is 22.0. The van der Waals surface area contributed by atoms with E-state index in [0.717, 1.165) is 44.2 Å². The molecule has 0 saturated carbocycles. The molecule has 2 aromatic carbocycles. The molecule has 0 aromatic heterocycles. The smallest absolute Gasteiger partial charge is 0.289 e. The number of hydrogen-bond donors (Lipinski definition) is 1. The molecule has 0 spiro atoms. The summed E-state index contributed by atoms with van der Waals surface area (Å²) in [5.41, 5.74) is 0.661. The first-order valence-corrected chi connectivity index (χ1v) is 11.2. The van der Waals surface area contributed by atoms with E-state index in [2.05, 4.69) is 14.5 Å². The van der Waals surface area contributed by atoms with Gasteiger partial charge in [-0.3, -0.25) is 15.0 Å². The highest BCUT2D eigenvalue weighted by molar-refractivity contribution is 7.89. The third kappa shape index (κ3) is 5.26.